The summed E-state index contributed by atoms with van der Waals surface area (Å²) < 4.78 is 5.11. The number of aliphatic carboxylic acids is 1. The molecular weight excluding hydrogens is 352 g/mol. The number of nitro groups is 1. The summed E-state index contributed by atoms with van der Waals surface area (Å²) in [4.78, 5) is 45.8. The molecule has 134 valence electrons. The summed E-state index contributed by atoms with van der Waals surface area (Å²) in [7, 11) is 0. The van der Waals surface area contributed by atoms with Gasteiger partial charge in [0.15, 0.2) is 5.12 Å². The number of carbonyl (C=O) groups is 3. The number of non-ortho nitro benzene ring substituents is 1. The summed E-state index contributed by atoms with van der Waals surface area (Å²) >= 11 is 1.01. The van der Waals surface area contributed by atoms with Crippen LogP contribution in [0, 0.1) is 10.1 Å². The number of likely N-dealkylation sites (tertiary alicyclic amines) is 1. The van der Waals surface area contributed by atoms with Crippen LogP contribution in [0.2, 0.25) is 0 Å². The van der Waals surface area contributed by atoms with E-state index in [0.717, 1.165) is 16.7 Å². The fourth-order valence-corrected chi connectivity index (χ4v) is 3.48. The third-order valence-corrected chi connectivity index (χ3v) is 4.63. The van der Waals surface area contributed by atoms with Crippen molar-refractivity contribution in [2.45, 2.75) is 31.2 Å². The molecule has 0 bridgehead atoms. The van der Waals surface area contributed by atoms with E-state index in [-0.39, 0.29) is 35.6 Å². The molecule has 25 heavy (non-hydrogen) atoms. The normalized spacial score (nSPS) is 19.5. The molecule has 1 N–H and O–H groups in total. The number of benzene rings is 1. The Labute approximate surface area is 147 Å². The van der Waals surface area contributed by atoms with Crippen molar-refractivity contribution < 1.29 is 29.2 Å². The van der Waals surface area contributed by atoms with Gasteiger partial charge < -0.3 is 9.84 Å². The SMILES string of the molecule is CC(=O)SC1C[C@@H](C(=O)O)N(C(=O)OCc2ccc([N+](=O)[O-])cc2)C1. The molecule has 0 aliphatic carbocycles. The highest BCUT2D eigenvalue weighted by Crippen LogP contribution is 2.29. The lowest BCUT2D eigenvalue weighted by Gasteiger charge is -2.20. The van der Waals surface area contributed by atoms with Crippen molar-refractivity contribution in [2.24, 2.45) is 0 Å². The van der Waals surface area contributed by atoms with E-state index in [1.165, 1.54) is 31.2 Å². The topological polar surface area (TPSA) is 127 Å². The van der Waals surface area contributed by atoms with Crippen LogP contribution < -0.4 is 0 Å². The van der Waals surface area contributed by atoms with E-state index < -0.39 is 23.0 Å². The number of hydrogen-bond acceptors (Lipinski definition) is 7. The molecule has 2 atom stereocenters. The number of nitro benzene ring substituents is 1. The number of nitrogens with zero attached hydrogens (tertiary/aromatic N) is 2. The zero-order chi connectivity index (χ0) is 18.6. The van der Waals surface area contributed by atoms with Crippen LogP contribution in [0.25, 0.3) is 0 Å². The Balaban J connectivity index is 1.97. The maximum atomic E-state index is 12.2. The zero-order valence-electron chi connectivity index (χ0n) is 13.3. The van der Waals surface area contributed by atoms with Gasteiger partial charge in [0, 0.05) is 30.9 Å². The Kier molecular flexibility index (Phi) is 5.97. The number of amides is 1. The van der Waals surface area contributed by atoms with Crippen LogP contribution in [0.15, 0.2) is 24.3 Å². The molecule has 1 unspecified atom stereocenters. The molecule has 1 aliphatic rings. The highest BCUT2D eigenvalue weighted by molar-refractivity contribution is 8.14. The highest BCUT2D eigenvalue weighted by atomic mass is 32.2. The molecule has 10 heteroatoms. The maximum absolute atomic E-state index is 12.2. The largest absolute Gasteiger partial charge is 0.480 e. The standard InChI is InChI=1S/C15H16N2O7S/c1-9(18)25-12-6-13(14(19)20)16(7-12)15(21)24-8-10-2-4-11(5-3-10)17(22)23/h2-5,12-13H,6-8H2,1H3,(H,19,20)/t12?,13-/m0/s1. The molecule has 1 heterocycles. The lowest BCUT2D eigenvalue weighted by Crippen LogP contribution is -2.40. The molecule has 0 spiro atoms. The van der Waals surface area contributed by atoms with Crippen molar-refractivity contribution in [3.63, 3.8) is 0 Å². The second-order valence-corrected chi connectivity index (χ2v) is 6.93. The number of thioether (sulfide) groups is 1. The Bertz CT molecular complexity index is 692. The average molecular weight is 368 g/mol. The molecular formula is C15H16N2O7S. The summed E-state index contributed by atoms with van der Waals surface area (Å²) in [6.07, 6.45) is -0.621. The molecule has 1 aromatic rings. The molecule has 1 aliphatic heterocycles. The average Bonchev–Trinajstić information content (AvgIpc) is 2.96. The van der Waals surface area contributed by atoms with Gasteiger partial charge in [0.1, 0.15) is 12.6 Å². The summed E-state index contributed by atoms with van der Waals surface area (Å²) in [5, 5.41) is 19.4. The number of ether oxygens (including phenoxy) is 1. The lowest BCUT2D eigenvalue weighted by molar-refractivity contribution is -0.384. The van der Waals surface area contributed by atoms with Crippen molar-refractivity contribution >= 4 is 34.6 Å². The van der Waals surface area contributed by atoms with E-state index in [2.05, 4.69) is 0 Å². The van der Waals surface area contributed by atoms with Crippen molar-refractivity contribution in [1.29, 1.82) is 0 Å². The highest BCUT2D eigenvalue weighted by Gasteiger charge is 2.41. The Morgan fingerprint density at radius 2 is 2.00 bits per heavy atom. The van der Waals surface area contributed by atoms with Gasteiger partial charge in [0.05, 0.1) is 4.92 Å². The van der Waals surface area contributed by atoms with Crippen LogP contribution in [0.4, 0.5) is 10.5 Å². The molecule has 1 saturated heterocycles. The third-order valence-electron chi connectivity index (χ3n) is 3.62. The summed E-state index contributed by atoms with van der Waals surface area (Å²) in [6, 6.07) is 4.45. The van der Waals surface area contributed by atoms with E-state index in [0.29, 0.717) is 5.56 Å². The molecule has 0 aromatic heterocycles. The van der Waals surface area contributed by atoms with Crippen molar-refractivity contribution in [1.82, 2.24) is 4.90 Å². The second kappa shape index (κ2) is 7.97. The number of hydrogen-bond donors (Lipinski definition) is 1. The van der Waals surface area contributed by atoms with Crippen molar-refractivity contribution in [2.75, 3.05) is 6.54 Å². The first-order valence-electron chi connectivity index (χ1n) is 7.34. The van der Waals surface area contributed by atoms with E-state index in [1.54, 1.807) is 0 Å². The second-order valence-electron chi connectivity index (χ2n) is 5.45. The first-order valence-corrected chi connectivity index (χ1v) is 8.22. The molecule has 1 aromatic carbocycles. The van der Waals surface area contributed by atoms with Gasteiger partial charge in [-0.05, 0) is 24.1 Å². The smallest absolute Gasteiger partial charge is 0.410 e. The van der Waals surface area contributed by atoms with Gasteiger partial charge in [0.2, 0.25) is 0 Å². The molecule has 2 rings (SSSR count). The molecule has 0 radical (unpaired) electrons. The minimum Gasteiger partial charge on any atom is -0.480 e. The first-order chi connectivity index (χ1) is 11.8. The Morgan fingerprint density at radius 1 is 1.36 bits per heavy atom. The number of carbonyl (C=O) groups excluding carboxylic acids is 2. The lowest BCUT2D eigenvalue weighted by atomic mass is 10.2. The van der Waals surface area contributed by atoms with Crippen molar-refractivity contribution in [3.05, 3.63) is 39.9 Å². The Morgan fingerprint density at radius 3 is 2.52 bits per heavy atom. The zero-order valence-corrected chi connectivity index (χ0v) is 14.1. The summed E-state index contributed by atoms with van der Waals surface area (Å²) in [6.45, 7) is 1.36. The van der Waals surface area contributed by atoms with Crippen LogP contribution >= 0.6 is 11.8 Å². The molecule has 1 amide bonds. The minimum atomic E-state index is -1.15. The van der Waals surface area contributed by atoms with Crippen LogP contribution in [-0.4, -0.2) is 49.9 Å². The van der Waals surface area contributed by atoms with E-state index in [1.807, 2.05) is 0 Å². The van der Waals surface area contributed by atoms with E-state index in [4.69, 9.17) is 4.74 Å². The summed E-state index contributed by atoms with van der Waals surface area (Å²) in [5.74, 6) is -1.15. The number of rotatable bonds is 5. The van der Waals surface area contributed by atoms with Gasteiger partial charge in [-0.25, -0.2) is 9.59 Å². The molecule has 9 nitrogen and oxygen atoms in total. The van der Waals surface area contributed by atoms with Gasteiger partial charge in [-0.2, -0.15) is 0 Å². The Hall–Kier alpha value is -2.62. The molecule has 1 fully saturated rings. The van der Waals surface area contributed by atoms with Gasteiger partial charge in [-0.3, -0.25) is 19.8 Å². The maximum Gasteiger partial charge on any atom is 0.410 e. The first kappa shape index (κ1) is 18.7. The quantitative estimate of drug-likeness (QED) is 0.618. The monoisotopic (exact) mass is 368 g/mol. The number of carboxylic acid groups (broad SMARTS) is 1. The van der Waals surface area contributed by atoms with Crippen LogP contribution in [-0.2, 0) is 20.9 Å². The van der Waals surface area contributed by atoms with Gasteiger partial charge in [0.25, 0.3) is 5.69 Å². The van der Waals surface area contributed by atoms with Crippen LogP contribution in [0.3, 0.4) is 0 Å². The fourth-order valence-electron chi connectivity index (χ4n) is 2.50. The minimum absolute atomic E-state index is 0.0790. The summed E-state index contributed by atoms with van der Waals surface area (Å²) in [5.41, 5.74) is 0.462. The van der Waals surface area contributed by atoms with Gasteiger partial charge in [-0.15, -0.1) is 0 Å². The predicted molar refractivity (Wildman–Crippen MR) is 88.1 cm³/mol. The van der Waals surface area contributed by atoms with E-state index in [9.17, 15) is 29.6 Å². The number of carboxylic acids is 1. The van der Waals surface area contributed by atoms with Crippen molar-refractivity contribution in [3.8, 4) is 0 Å². The fraction of sp³-hybridized carbons (Fsp3) is 0.400. The van der Waals surface area contributed by atoms with Gasteiger partial charge >= 0.3 is 12.1 Å². The predicted octanol–water partition coefficient (Wildman–Crippen LogP) is 2.04. The molecule has 0 saturated carbocycles. The van der Waals surface area contributed by atoms with Crippen LogP contribution in [0.1, 0.15) is 18.9 Å². The third kappa shape index (κ3) is 4.92. The van der Waals surface area contributed by atoms with Gasteiger partial charge in [-0.1, -0.05) is 11.8 Å². The van der Waals surface area contributed by atoms with Crippen LogP contribution in [0.5, 0.6) is 0 Å². The van der Waals surface area contributed by atoms with E-state index >= 15 is 0 Å².